The van der Waals surface area contributed by atoms with E-state index in [0.717, 1.165) is 6.66 Å². The molecule has 0 radical (unpaired) electrons. The average molecular weight is 304 g/mol. The second kappa shape index (κ2) is 5.65. The third-order valence-electron chi connectivity index (χ3n) is 3.04. The van der Waals surface area contributed by atoms with Crippen molar-refractivity contribution in [2.24, 2.45) is 0 Å². The van der Waals surface area contributed by atoms with Crippen LogP contribution in [0.5, 0.6) is 0 Å². The number of rotatable bonds is 4. The lowest BCUT2D eigenvalue weighted by Gasteiger charge is -2.16. The van der Waals surface area contributed by atoms with Gasteiger partial charge in [0.1, 0.15) is 6.23 Å². The van der Waals surface area contributed by atoms with Crippen molar-refractivity contribution >= 4 is 7.60 Å². The highest BCUT2D eigenvalue weighted by molar-refractivity contribution is 7.51. The van der Waals surface area contributed by atoms with Crippen molar-refractivity contribution in [2.45, 2.75) is 32.1 Å². The highest BCUT2D eigenvalue weighted by Crippen LogP contribution is 2.38. The van der Waals surface area contributed by atoms with Gasteiger partial charge in [-0.15, -0.1) is 0 Å². The molecule has 0 amide bonds. The molecule has 2 heterocycles. The zero-order chi connectivity index (χ0) is 14.9. The first-order valence-corrected chi connectivity index (χ1v) is 8.21. The molecule has 1 aromatic rings. The maximum absolute atomic E-state index is 11.7. The second-order valence-electron chi connectivity index (χ2n) is 4.87. The summed E-state index contributed by atoms with van der Waals surface area (Å²) in [6.45, 7) is 2.70. The zero-order valence-corrected chi connectivity index (χ0v) is 12.1. The van der Waals surface area contributed by atoms with Gasteiger partial charge in [0.15, 0.2) is 0 Å². The Bertz CT molecular complexity index is 645. The quantitative estimate of drug-likeness (QED) is 0.777. The highest BCUT2D eigenvalue weighted by Gasteiger charge is 2.29. The van der Waals surface area contributed by atoms with E-state index in [0.29, 0.717) is 18.4 Å². The number of nitrogens with zero attached hydrogens (tertiary/aromatic N) is 1. The van der Waals surface area contributed by atoms with E-state index in [9.17, 15) is 14.2 Å². The Kier molecular flexibility index (Phi) is 4.29. The van der Waals surface area contributed by atoms with E-state index < -0.39 is 25.1 Å². The summed E-state index contributed by atoms with van der Waals surface area (Å²) in [4.78, 5) is 34.3. The molecule has 1 unspecified atom stereocenters. The number of ether oxygens (including phenoxy) is 1. The van der Waals surface area contributed by atoms with Gasteiger partial charge in [-0.05, 0) is 19.8 Å². The fourth-order valence-corrected chi connectivity index (χ4v) is 2.48. The molecule has 9 heteroatoms. The third-order valence-corrected chi connectivity index (χ3v) is 3.67. The molecule has 8 nitrogen and oxygen atoms in total. The van der Waals surface area contributed by atoms with E-state index in [1.54, 1.807) is 6.92 Å². The molecule has 0 saturated carbocycles. The van der Waals surface area contributed by atoms with Gasteiger partial charge in [0.05, 0.1) is 12.7 Å². The number of H-pyrrole nitrogens is 1. The van der Waals surface area contributed by atoms with Crippen molar-refractivity contribution in [2.75, 3.05) is 13.3 Å². The van der Waals surface area contributed by atoms with Crippen LogP contribution in [0.2, 0.25) is 0 Å². The molecule has 2 rings (SSSR count). The Balaban J connectivity index is 2.06. The van der Waals surface area contributed by atoms with Crippen LogP contribution in [0, 0.1) is 6.92 Å². The predicted octanol–water partition coefficient (Wildman–Crippen LogP) is 0.354. The lowest BCUT2D eigenvalue weighted by atomic mass is 10.2. The summed E-state index contributed by atoms with van der Waals surface area (Å²) < 4.78 is 22.8. The van der Waals surface area contributed by atoms with E-state index in [4.69, 9.17) is 14.2 Å². The minimum Gasteiger partial charge on any atom is -0.352 e. The van der Waals surface area contributed by atoms with Crippen molar-refractivity contribution < 1.29 is 18.7 Å². The zero-order valence-electron chi connectivity index (χ0n) is 11.2. The summed E-state index contributed by atoms with van der Waals surface area (Å²) in [5.74, 6) is 0. The van der Waals surface area contributed by atoms with Gasteiger partial charge in [-0.2, -0.15) is 0 Å². The number of hydrogen-bond acceptors (Lipinski definition) is 5. The molecule has 1 aliphatic rings. The Morgan fingerprint density at radius 1 is 1.55 bits per heavy atom. The van der Waals surface area contributed by atoms with Crippen LogP contribution in [-0.4, -0.2) is 33.8 Å². The molecule has 2 N–H and O–H groups in total. The van der Waals surface area contributed by atoms with Crippen molar-refractivity contribution in [1.29, 1.82) is 0 Å². The Labute approximate surface area is 114 Å². The van der Waals surface area contributed by atoms with Crippen LogP contribution >= 0.6 is 7.60 Å². The normalized spacial score (nSPS) is 25.6. The van der Waals surface area contributed by atoms with E-state index in [1.165, 1.54) is 10.8 Å². The molecule has 1 aliphatic heterocycles. The first-order valence-electron chi connectivity index (χ1n) is 6.18. The van der Waals surface area contributed by atoms with Crippen LogP contribution in [0.1, 0.15) is 24.6 Å². The smallest absolute Gasteiger partial charge is 0.330 e. The van der Waals surface area contributed by atoms with Crippen LogP contribution in [0.3, 0.4) is 0 Å². The average Bonchev–Trinajstić information content (AvgIpc) is 2.79. The molecule has 0 bridgehead atoms. The molecule has 1 fully saturated rings. The Morgan fingerprint density at radius 2 is 2.25 bits per heavy atom. The van der Waals surface area contributed by atoms with Crippen molar-refractivity contribution in [3.8, 4) is 0 Å². The van der Waals surface area contributed by atoms with Crippen molar-refractivity contribution in [1.82, 2.24) is 9.55 Å². The van der Waals surface area contributed by atoms with E-state index >= 15 is 0 Å². The van der Waals surface area contributed by atoms with Crippen molar-refractivity contribution in [3.63, 3.8) is 0 Å². The largest absolute Gasteiger partial charge is 0.352 e. The maximum atomic E-state index is 11.7. The van der Waals surface area contributed by atoms with Gasteiger partial charge >= 0.3 is 13.3 Å². The summed E-state index contributed by atoms with van der Waals surface area (Å²) in [5, 5.41) is 0. The van der Waals surface area contributed by atoms with Crippen LogP contribution in [0.4, 0.5) is 0 Å². The van der Waals surface area contributed by atoms with Gasteiger partial charge in [0.2, 0.25) is 0 Å². The fraction of sp³-hybridized carbons (Fsp3) is 0.636. The lowest BCUT2D eigenvalue weighted by molar-refractivity contribution is -0.0213. The monoisotopic (exact) mass is 304 g/mol. The Hall–Kier alpha value is -1.21. The number of aromatic amines is 1. The number of aromatic nitrogens is 2. The standard InChI is InChI=1S/C11H17N2O6P/c1-7-5-13(11(15)12-10(7)14)9-4-3-8(19-9)6-18-20(2,16)17/h5,8-9H,3-4,6H2,1-2H3,(H,16,17)(H,12,14,15)/t8-,9+/m0/s1. The predicted molar refractivity (Wildman–Crippen MR) is 70.9 cm³/mol. The Morgan fingerprint density at radius 3 is 2.90 bits per heavy atom. The van der Waals surface area contributed by atoms with Gasteiger partial charge < -0.3 is 14.2 Å². The van der Waals surface area contributed by atoms with Crippen LogP contribution in [0.15, 0.2) is 15.8 Å². The minimum absolute atomic E-state index is 0.00212. The van der Waals surface area contributed by atoms with Gasteiger partial charge in [-0.1, -0.05) is 0 Å². The number of hydrogen-bond donors (Lipinski definition) is 2. The molecule has 20 heavy (non-hydrogen) atoms. The molecule has 0 aromatic carbocycles. The summed E-state index contributed by atoms with van der Waals surface area (Å²) in [5.41, 5.74) is -0.534. The van der Waals surface area contributed by atoms with Gasteiger partial charge in [0, 0.05) is 18.4 Å². The SMILES string of the molecule is Cc1cn([C@H]2CC[C@@H](COP(C)(=O)O)O2)c(=O)[nH]c1=O. The lowest BCUT2D eigenvalue weighted by Crippen LogP contribution is -2.33. The molecule has 0 spiro atoms. The summed E-state index contributed by atoms with van der Waals surface area (Å²) in [7, 11) is -3.53. The van der Waals surface area contributed by atoms with Gasteiger partial charge in [-0.25, -0.2) is 4.79 Å². The molecule has 112 valence electrons. The second-order valence-corrected chi connectivity index (χ2v) is 6.73. The fourth-order valence-electron chi connectivity index (χ4n) is 2.04. The molecular weight excluding hydrogens is 287 g/mol. The van der Waals surface area contributed by atoms with Crippen molar-refractivity contribution in [3.05, 3.63) is 32.6 Å². The number of aryl methyl sites for hydroxylation is 1. The van der Waals surface area contributed by atoms with E-state index in [2.05, 4.69) is 4.98 Å². The minimum atomic E-state index is -3.53. The van der Waals surface area contributed by atoms with E-state index in [1.807, 2.05) is 0 Å². The molecule has 1 saturated heterocycles. The molecule has 0 aliphatic carbocycles. The molecular formula is C11H17N2O6P. The topological polar surface area (TPSA) is 111 Å². The van der Waals surface area contributed by atoms with Crippen LogP contribution in [-0.2, 0) is 13.8 Å². The maximum Gasteiger partial charge on any atom is 0.330 e. The van der Waals surface area contributed by atoms with Gasteiger partial charge in [-0.3, -0.25) is 18.9 Å². The first-order chi connectivity index (χ1) is 9.26. The van der Waals surface area contributed by atoms with Gasteiger partial charge in [0.25, 0.3) is 5.56 Å². The number of nitrogens with one attached hydrogen (secondary N) is 1. The summed E-state index contributed by atoms with van der Waals surface area (Å²) in [6, 6.07) is 0. The summed E-state index contributed by atoms with van der Waals surface area (Å²) >= 11 is 0. The van der Waals surface area contributed by atoms with Crippen LogP contribution in [0.25, 0.3) is 0 Å². The van der Waals surface area contributed by atoms with E-state index in [-0.39, 0.29) is 12.7 Å². The third kappa shape index (κ3) is 3.67. The highest BCUT2D eigenvalue weighted by atomic mass is 31.2. The first kappa shape index (κ1) is 15.2. The summed E-state index contributed by atoms with van der Waals surface area (Å²) in [6.07, 6.45) is 1.78. The molecule has 1 aromatic heterocycles. The molecule has 3 atom stereocenters. The van der Waals surface area contributed by atoms with Crippen LogP contribution < -0.4 is 11.2 Å².